The van der Waals surface area contributed by atoms with Crippen molar-refractivity contribution in [2.45, 2.75) is 43.7 Å². The highest BCUT2D eigenvalue weighted by Crippen LogP contribution is 2.41. The number of hydrogen-bond donors (Lipinski definition) is 2. The smallest absolute Gasteiger partial charge is 0.241 e. The molecule has 2 N–H and O–H groups in total. The van der Waals surface area contributed by atoms with Gasteiger partial charge in [0.2, 0.25) is 15.9 Å². The summed E-state index contributed by atoms with van der Waals surface area (Å²) in [4.78, 5) is 13.2. The third kappa shape index (κ3) is 5.19. The van der Waals surface area contributed by atoms with Gasteiger partial charge in [0.25, 0.3) is 0 Å². The van der Waals surface area contributed by atoms with E-state index in [0.29, 0.717) is 35.7 Å². The topological polar surface area (TPSA) is 93.7 Å². The monoisotopic (exact) mass is 478 g/mol. The minimum absolute atomic E-state index is 0.0247. The Morgan fingerprint density at radius 1 is 1.03 bits per heavy atom. The van der Waals surface area contributed by atoms with Crippen LogP contribution in [0.4, 0.5) is 0 Å². The Morgan fingerprint density at radius 2 is 1.69 bits per heavy atom. The molecule has 0 saturated heterocycles. The van der Waals surface area contributed by atoms with Crippen molar-refractivity contribution >= 4 is 27.5 Å². The maximum Gasteiger partial charge on any atom is 0.241 e. The summed E-state index contributed by atoms with van der Waals surface area (Å²) in [5, 5.41) is 3.69. The predicted octanol–water partition coefficient (Wildman–Crippen LogP) is 3.68. The van der Waals surface area contributed by atoms with E-state index in [4.69, 9.17) is 21.1 Å². The van der Waals surface area contributed by atoms with Crippen LogP contribution in [0.2, 0.25) is 5.02 Å². The maximum absolute atomic E-state index is 13.2. The molecule has 7 nitrogen and oxygen atoms in total. The van der Waals surface area contributed by atoms with Crippen molar-refractivity contribution in [2.24, 2.45) is 11.8 Å². The number of carbonyl (C=O) groups excluding carboxylic acids is 1. The van der Waals surface area contributed by atoms with Crippen molar-refractivity contribution in [2.75, 3.05) is 13.2 Å². The molecule has 1 aliphatic heterocycles. The zero-order chi connectivity index (χ0) is 22.9. The molecule has 2 aromatic rings. The maximum atomic E-state index is 13.2. The van der Waals surface area contributed by atoms with Crippen LogP contribution in [0.15, 0.2) is 47.4 Å². The molecule has 1 saturated carbocycles. The van der Waals surface area contributed by atoms with E-state index in [1.54, 1.807) is 18.2 Å². The van der Waals surface area contributed by atoms with E-state index in [1.807, 2.05) is 26.0 Å². The third-order valence-corrected chi connectivity index (χ3v) is 7.37. The Hall–Kier alpha value is -2.29. The molecule has 1 fully saturated rings. The van der Waals surface area contributed by atoms with Gasteiger partial charge in [-0.25, -0.2) is 8.42 Å². The SMILES string of the molecule is CC(C)[C@H](NS(=O)(=O)c1ccc2c(c1)OCCO2)C(=O)N[C@H](c1ccc(Cl)cc1)C1CC1. The number of carbonyl (C=O) groups is 1. The highest BCUT2D eigenvalue weighted by Gasteiger charge is 2.36. The summed E-state index contributed by atoms with van der Waals surface area (Å²) in [6.07, 6.45) is 2.03. The van der Waals surface area contributed by atoms with Gasteiger partial charge >= 0.3 is 0 Å². The van der Waals surface area contributed by atoms with Crippen molar-refractivity contribution in [1.82, 2.24) is 10.0 Å². The first-order valence-corrected chi connectivity index (χ1v) is 12.6. The summed E-state index contributed by atoms with van der Waals surface area (Å²) < 4.78 is 39.7. The van der Waals surface area contributed by atoms with Crippen LogP contribution in [-0.4, -0.2) is 33.6 Å². The zero-order valence-corrected chi connectivity index (χ0v) is 19.6. The fourth-order valence-corrected chi connectivity index (χ4v) is 5.22. The van der Waals surface area contributed by atoms with Crippen molar-refractivity contribution in [3.63, 3.8) is 0 Å². The van der Waals surface area contributed by atoms with E-state index < -0.39 is 16.1 Å². The molecule has 1 aliphatic carbocycles. The van der Waals surface area contributed by atoms with Crippen LogP contribution < -0.4 is 19.5 Å². The van der Waals surface area contributed by atoms with E-state index >= 15 is 0 Å². The second kappa shape index (κ2) is 9.29. The van der Waals surface area contributed by atoms with Crippen LogP contribution >= 0.6 is 11.6 Å². The molecule has 1 amide bonds. The predicted molar refractivity (Wildman–Crippen MR) is 121 cm³/mol. The fourth-order valence-electron chi connectivity index (χ4n) is 3.73. The van der Waals surface area contributed by atoms with Gasteiger partial charge in [-0.3, -0.25) is 4.79 Å². The van der Waals surface area contributed by atoms with Crippen molar-refractivity contribution < 1.29 is 22.7 Å². The Morgan fingerprint density at radius 3 is 2.31 bits per heavy atom. The van der Waals surface area contributed by atoms with Crippen LogP contribution in [0.3, 0.4) is 0 Å². The molecule has 172 valence electrons. The fraction of sp³-hybridized carbons (Fsp3) is 0.435. The summed E-state index contributed by atoms with van der Waals surface area (Å²) in [5.41, 5.74) is 0.961. The third-order valence-electron chi connectivity index (χ3n) is 5.68. The number of nitrogens with one attached hydrogen (secondary N) is 2. The molecule has 0 unspecified atom stereocenters. The van der Waals surface area contributed by atoms with Gasteiger partial charge in [0.1, 0.15) is 19.3 Å². The van der Waals surface area contributed by atoms with Gasteiger partial charge in [0.05, 0.1) is 10.9 Å². The normalized spacial score (nSPS) is 17.6. The number of hydrogen-bond acceptors (Lipinski definition) is 5. The lowest BCUT2D eigenvalue weighted by molar-refractivity contribution is -0.124. The quantitative estimate of drug-likeness (QED) is 0.603. The van der Waals surface area contributed by atoms with Crippen molar-refractivity contribution in [3.8, 4) is 11.5 Å². The van der Waals surface area contributed by atoms with Crippen LogP contribution in [-0.2, 0) is 14.8 Å². The van der Waals surface area contributed by atoms with Crippen molar-refractivity contribution in [1.29, 1.82) is 0 Å². The molecule has 0 radical (unpaired) electrons. The molecule has 1 heterocycles. The van der Waals surface area contributed by atoms with E-state index in [1.165, 1.54) is 12.1 Å². The average Bonchev–Trinajstić information content (AvgIpc) is 3.61. The standard InChI is InChI=1S/C23H27ClN2O5S/c1-14(2)21(23(27)25-22(15-3-4-15)16-5-7-17(24)8-6-16)26-32(28,29)18-9-10-19-20(13-18)31-12-11-30-19/h5-10,13-15,21-22,26H,3-4,11-12H2,1-2H3,(H,25,27)/t21-,22-/m0/s1. The number of halogens is 1. The Balaban J connectivity index is 1.52. The van der Waals surface area contributed by atoms with Gasteiger partial charge in [0, 0.05) is 11.1 Å². The highest BCUT2D eigenvalue weighted by molar-refractivity contribution is 7.89. The minimum Gasteiger partial charge on any atom is -0.486 e. The summed E-state index contributed by atoms with van der Waals surface area (Å²) in [7, 11) is -3.96. The lowest BCUT2D eigenvalue weighted by Gasteiger charge is -2.26. The molecule has 0 bridgehead atoms. The molecule has 2 aromatic carbocycles. The van der Waals surface area contributed by atoms with E-state index in [-0.39, 0.29) is 22.8 Å². The molecule has 2 aliphatic rings. The molecule has 0 aromatic heterocycles. The number of benzene rings is 2. The van der Waals surface area contributed by atoms with Crippen LogP contribution in [0.25, 0.3) is 0 Å². The number of sulfonamides is 1. The number of rotatable bonds is 8. The number of fused-ring (bicyclic) bond motifs is 1. The minimum atomic E-state index is -3.96. The second-order valence-electron chi connectivity index (χ2n) is 8.52. The number of amides is 1. The van der Waals surface area contributed by atoms with Crippen molar-refractivity contribution in [3.05, 3.63) is 53.1 Å². The van der Waals surface area contributed by atoms with Crippen LogP contribution in [0.1, 0.15) is 38.3 Å². The zero-order valence-electron chi connectivity index (χ0n) is 18.0. The van der Waals surface area contributed by atoms with Gasteiger partial charge in [-0.1, -0.05) is 37.6 Å². The first kappa shape index (κ1) is 22.9. The average molecular weight is 479 g/mol. The van der Waals surface area contributed by atoms with E-state index in [0.717, 1.165) is 18.4 Å². The summed E-state index contributed by atoms with van der Waals surface area (Å²) in [5.74, 6) is 0.604. The first-order valence-electron chi connectivity index (χ1n) is 10.7. The largest absolute Gasteiger partial charge is 0.486 e. The van der Waals surface area contributed by atoms with Crippen LogP contribution in [0.5, 0.6) is 11.5 Å². The van der Waals surface area contributed by atoms with Gasteiger partial charge in [0.15, 0.2) is 11.5 Å². The molecule has 9 heteroatoms. The van der Waals surface area contributed by atoms with Crippen LogP contribution in [0, 0.1) is 11.8 Å². The molecule has 2 atom stereocenters. The van der Waals surface area contributed by atoms with Gasteiger partial charge in [-0.2, -0.15) is 4.72 Å². The molecular formula is C23H27ClN2O5S. The highest BCUT2D eigenvalue weighted by atomic mass is 35.5. The van der Waals surface area contributed by atoms with E-state index in [9.17, 15) is 13.2 Å². The van der Waals surface area contributed by atoms with E-state index in [2.05, 4.69) is 10.0 Å². The Labute approximate surface area is 193 Å². The second-order valence-corrected chi connectivity index (χ2v) is 10.7. The van der Waals surface area contributed by atoms with Gasteiger partial charge in [-0.05, 0) is 54.5 Å². The summed E-state index contributed by atoms with van der Waals surface area (Å²) in [6.45, 7) is 4.40. The Kier molecular flexibility index (Phi) is 6.65. The lowest BCUT2D eigenvalue weighted by Crippen LogP contribution is -2.50. The molecule has 0 spiro atoms. The summed E-state index contributed by atoms with van der Waals surface area (Å²) in [6, 6.07) is 10.7. The Bertz CT molecular complexity index is 1080. The number of ether oxygens (including phenoxy) is 2. The molecule has 4 rings (SSSR count). The molecule has 32 heavy (non-hydrogen) atoms. The molecular weight excluding hydrogens is 452 g/mol. The van der Waals surface area contributed by atoms with Gasteiger partial charge in [-0.15, -0.1) is 0 Å². The summed E-state index contributed by atoms with van der Waals surface area (Å²) >= 11 is 6.00. The van der Waals surface area contributed by atoms with Gasteiger partial charge < -0.3 is 14.8 Å². The first-order chi connectivity index (χ1) is 15.2. The lowest BCUT2D eigenvalue weighted by atomic mass is 10.00.